The first-order valence-electron chi connectivity index (χ1n) is 7.45. The van der Waals surface area contributed by atoms with E-state index in [0.717, 1.165) is 0 Å². The van der Waals surface area contributed by atoms with Crippen molar-refractivity contribution in [1.29, 1.82) is 0 Å². The van der Waals surface area contributed by atoms with Crippen LogP contribution in [0.5, 0.6) is 0 Å². The van der Waals surface area contributed by atoms with Gasteiger partial charge in [0.2, 0.25) is 0 Å². The summed E-state index contributed by atoms with van der Waals surface area (Å²) in [6.45, 7) is 8.00. The first-order valence-corrected chi connectivity index (χ1v) is 7.45. The van der Waals surface area contributed by atoms with Gasteiger partial charge in [-0.1, -0.05) is 27.7 Å². The zero-order chi connectivity index (χ0) is 17.9. The van der Waals surface area contributed by atoms with E-state index < -0.39 is 0 Å². The van der Waals surface area contributed by atoms with E-state index in [-0.39, 0.29) is 32.7 Å². The first-order chi connectivity index (χ1) is 10.8. The molecule has 2 aromatic carbocycles. The number of rotatable bonds is 0. The fourth-order valence-electron chi connectivity index (χ4n) is 0.684. The fraction of sp³-hybridized carbons (Fsp3) is 0.400. The van der Waals surface area contributed by atoms with Crippen molar-refractivity contribution in [3.05, 3.63) is 72.8 Å². The van der Waals surface area contributed by atoms with E-state index in [0.29, 0.717) is 0 Å². The molecular weight excluding hydrogens is 361 g/mol. The second kappa shape index (κ2) is 49.6. The minimum absolute atomic E-state index is 0. The Morgan fingerprint density at radius 1 is 0.478 bits per heavy atom. The molecule has 0 spiro atoms. The zero-order valence-corrected chi connectivity index (χ0v) is 19.0. The molecule has 0 aromatic heterocycles. The molecule has 0 amide bonds. The molecule has 0 unspecified atom stereocenters. The van der Waals surface area contributed by atoms with Crippen LogP contribution in [0.2, 0.25) is 0 Å². The van der Waals surface area contributed by atoms with E-state index >= 15 is 0 Å². The van der Waals surface area contributed by atoms with Crippen molar-refractivity contribution in [2.75, 3.05) is 28.4 Å². The van der Waals surface area contributed by atoms with Gasteiger partial charge in [0.1, 0.15) is 0 Å². The molecule has 0 aliphatic heterocycles. The summed E-state index contributed by atoms with van der Waals surface area (Å²) in [5.41, 5.74) is 0. The molecule has 23 heavy (non-hydrogen) atoms. The summed E-state index contributed by atoms with van der Waals surface area (Å²) in [7, 11) is 6.50. The van der Waals surface area contributed by atoms with Gasteiger partial charge in [0.15, 0.2) is 0 Å². The summed E-state index contributed by atoms with van der Waals surface area (Å²) in [6, 6.07) is 25.0. The predicted octanol–water partition coefficient (Wildman–Crippen LogP) is 5.55. The number of hydrogen-bond donors (Lipinski definition) is 0. The number of hydrogen-bond acceptors (Lipinski definition) is 2. The number of ether oxygens (including phenoxy) is 2. The molecule has 1 radical (unpaired) electrons. The smallest absolute Gasteiger partial charge is 0.0351 e. The topological polar surface area (TPSA) is 18.5 Å². The Morgan fingerprint density at radius 2 is 0.652 bits per heavy atom. The summed E-state index contributed by atoms with van der Waals surface area (Å²) < 4.78 is 8.50. The second-order valence-electron chi connectivity index (χ2n) is 2.97. The van der Waals surface area contributed by atoms with Crippen LogP contribution in [0, 0.1) is 12.1 Å². The van der Waals surface area contributed by atoms with Gasteiger partial charge in [-0.15, -0.1) is 0 Å². The third-order valence-corrected chi connectivity index (χ3v) is 1.21. The third-order valence-electron chi connectivity index (χ3n) is 1.21. The van der Waals surface area contributed by atoms with E-state index in [1.807, 2.05) is 88.4 Å². The average Bonchev–Trinajstić information content (AvgIpc) is 2.63. The van der Waals surface area contributed by atoms with Crippen LogP contribution in [0.15, 0.2) is 60.7 Å². The normalized spacial score (nSPS) is 6.26. The monoisotopic (exact) mass is 395 g/mol. The molecular formula is C20H34O2Y-2. The Bertz CT molecular complexity index is 215. The maximum absolute atomic E-state index is 4.25. The van der Waals surface area contributed by atoms with Gasteiger partial charge < -0.3 is 9.47 Å². The Hall–Kier alpha value is -0.536. The first kappa shape index (κ1) is 33.9. The average molecular weight is 395 g/mol. The zero-order valence-electron chi connectivity index (χ0n) is 16.2. The molecule has 0 fully saturated rings. The SMILES string of the molecule is CC.CC.COC.COC.[Y].[c-]1ccccc1.[c-]1ccccc1. The van der Waals surface area contributed by atoms with Gasteiger partial charge in [-0.2, -0.15) is 72.8 Å². The molecule has 0 atom stereocenters. The van der Waals surface area contributed by atoms with Crippen LogP contribution in [0.1, 0.15) is 27.7 Å². The standard InChI is InChI=1S/2C6H5.2C2H6O.2C2H6.Y/c2*1-2-4-6-5-3-1;2*1-3-2;2*1-2;/h2*1-5H;2*1-2H3;2*1-2H3;/q2*-1;;;;;. The van der Waals surface area contributed by atoms with E-state index in [1.165, 1.54) is 0 Å². The molecule has 0 saturated heterocycles. The van der Waals surface area contributed by atoms with Crippen LogP contribution >= 0.6 is 0 Å². The maximum Gasteiger partial charge on any atom is 0.0351 e. The molecule has 0 bridgehead atoms. The van der Waals surface area contributed by atoms with E-state index in [9.17, 15) is 0 Å². The summed E-state index contributed by atoms with van der Waals surface area (Å²) in [5.74, 6) is 0. The Labute approximate surface area is 170 Å². The van der Waals surface area contributed by atoms with Gasteiger partial charge in [0.05, 0.1) is 0 Å². The summed E-state index contributed by atoms with van der Waals surface area (Å²) in [5, 5.41) is 0. The number of benzene rings is 2. The minimum atomic E-state index is 0. The third kappa shape index (κ3) is 61.9. The van der Waals surface area contributed by atoms with Crippen molar-refractivity contribution in [3.8, 4) is 0 Å². The Morgan fingerprint density at radius 3 is 0.696 bits per heavy atom. The van der Waals surface area contributed by atoms with Crippen LogP contribution in [-0.4, -0.2) is 28.4 Å². The second-order valence-corrected chi connectivity index (χ2v) is 2.97. The molecule has 0 heterocycles. The van der Waals surface area contributed by atoms with E-state index in [4.69, 9.17) is 0 Å². The largest absolute Gasteiger partial charge is 0.388 e. The molecule has 2 aromatic rings. The van der Waals surface area contributed by atoms with Crippen LogP contribution in [0.25, 0.3) is 0 Å². The predicted molar refractivity (Wildman–Crippen MR) is 99.1 cm³/mol. The van der Waals surface area contributed by atoms with Crippen molar-refractivity contribution >= 4 is 0 Å². The van der Waals surface area contributed by atoms with Crippen molar-refractivity contribution in [3.63, 3.8) is 0 Å². The van der Waals surface area contributed by atoms with Gasteiger partial charge in [0, 0.05) is 61.1 Å². The molecule has 0 aliphatic carbocycles. The van der Waals surface area contributed by atoms with E-state index in [1.54, 1.807) is 28.4 Å². The van der Waals surface area contributed by atoms with Gasteiger partial charge in [-0.25, -0.2) is 0 Å². The van der Waals surface area contributed by atoms with Gasteiger partial charge in [0.25, 0.3) is 0 Å². The molecule has 2 nitrogen and oxygen atoms in total. The molecule has 3 heteroatoms. The molecule has 131 valence electrons. The van der Waals surface area contributed by atoms with Gasteiger partial charge in [-0.3, -0.25) is 0 Å². The van der Waals surface area contributed by atoms with Crippen molar-refractivity contribution in [1.82, 2.24) is 0 Å². The minimum Gasteiger partial charge on any atom is -0.388 e. The van der Waals surface area contributed by atoms with Crippen LogP contribution in [-0.2, 0) is 42.2 Å². The molecule has 2 rings (SSSR count). The molecule has 0 aliphatic rings. The number of methoxy groups -OCH3 is 2. The van der Waals surface area contributed by atoms with Gasteiger partial charge >= 0.3 is 0 Å². The Balaban J connectivity index is -0.0000000601. The molecule has 0 saturated carbocycles. The Kier molecular flexibility index (Phi) is 73.2. The van der Waals surface area contributed by atoms with Crippen molar-refractivity contribution < 1.29 is 42.2 Å². The van der Waals surface area contributed by atoms with E-state index in [2.05, 4.69) is 21.6 Å². The fourth-order valence-corrected chi connectivity index (χ4v) is 0.684. The summed E-state index contributed by atoms with van der Waals surface area (Å²) in [6.07, 6.45) is 0. The maximum atomic E-state index is 4.25. The summed E-state index contributed by atoms with van der Waals surface area (Å²) in [4.78, 5) is 0. The van der Waals surface area contributed by atoms with Crippen LogP contribution in [0.3, 0.4) is 0 Å². The molecule has 0 N–H and O–H groups in total. The quantitative estimate of drug-likeness (QED) is 0.545. The van der Waals surface area contributed by atoms with Crippen LogP contribution in [0.4, 0.5) is 0 Å². The van der Waals surface area contributed by atoms with Crippen LogP contribution < -0.4 is 0 Å². The summed E-state index contributed by atoms with van der Waals surface area (Å²) >= 11 is 0. The van der Waals surface area contributed by atoms with Crippen molar-refractivity contribution in [2.45, 2.75) is 27.7 Å². The van der Waals surface area contributed by atoms with Crippen molar-refractivity contribution in [2.24, 2.45) is 0 Å². The van der Waals surface area contributed by atoms with Gasteiger partial charge in [-0.05, 0) is 0 Å².